The number of benzene rings is 3. The second-order valence-electron chi connectivity index (χ2n) is 7.30. The van der Waals surface area contributed by atoms with Gasteiger partial charge in [0.2, 0.25) is 0 Å². The average molecular weight is 485 g/mol. The van der Waals surface area contributed by atoms with Crippen molar-refractivity contribution in [3.63, 3.8) is 0 Å². The lowest BCUT2D eigenvalue weighted by Crippen LogP contribution is -2.16. The fourth-order valence-corrected chi connectivity index (χ4v) is 4.58. The second-order valence-corrected chi connectivity index (χ2v) is 8.95. The number of rotatable bonds is 10. The molecule has 0 unspecified atom stereocenters. The van der Waals surface area contributed by atoms with E-state index in [0.717, 1.165) is 0 Å². The summed E-state index contributed by atoms with van der Waals surface area (Å²) in [5.74, 6) is 1.21. The summed E-state index contributed by atoms with van der Waals surface area (Å²) in [5.41, 5.74) is 1.63. The first-order chi connectivity index (χ1) is 16.3. The third kappa shape index (κ3) is 5.99. The maximum Gasteiger partial charge on any atom is 0.262 e. The number of nitrogens with one attached hydrogen (secondary N) is 2. The quantitative estimate of drug-likeness (QED) is 0.426. The summed E-state index contributed by atoms with van der Waals surface area (Å²) in [6, 6.07) is 16.2. The van der Waals surface area contributed by atoms with Crippen molar-refractivity contribution >= 4 is 27.3 Å². The number of sulfonamides is 1. The lowest BCUT2D eigenvalue weighted by atomic mass is 10.1. The van der Waals surface area contributed by atoms with Crippen LogP contribution in [0.2, 0.25) is 0 Å². The van der Waals surface area contributed by atoms with E-state index in [1.54, 1.807) is 61.5 Å². The van der Waals surface area contributed by atoms with Crippen LogP contribution in [0.15, 0.2) is 65.6 Å². The Morgan fingerprint density at radius 3 is 2.18 bits per heavy atom. The van der Waals surface area contributed by atoms with Crippen LogP contribution < -0.4 is 24.2 Å². The van der Waals surface area contributed by atoms with Crippen LogP contribution in [-0.4, -0.2) is 34.6 Å². The van der Waals surface area contributed by atoms with Gasteiger partial charge in [-0.2, -0.15) is 0 Å². The highest BCUT2D eigenvalue weighted by molar-refractivity contribution is 7.92. The standard InChI is InChI=1S/C25H28N2O6S/c1-5-32-21-12-10-19(11-13-21)27-34(29,30)24-16-20(9-7-17(24)3)26-25(28)18-8-14-22(33-6-2)23(15-18)31-4/h7-16,27H,5-6H2,1-4H3,(H,26,28). The molecule has 0 spiro atoms. The van der Waals surface area contributed by atoms with E-state index < -0.39 is 15.9 Å². The molecular weight excluding hydrogens is 456 g/mol. The molecule has 3 aromatic carbocycles. The number of anilines is 2. The van der Waals surface area contributed by atoms with Crippen molar-refractivity contribution in [1.82, 2.24) is 0 Å². The predicted molar refractivity (Wildman–Crippen MR) is 132 cm³/mol. The van der Waals surface area contributed by atoms with Gasteiger partial charge < -0.3 is 19.5 Å². The van der Waals surface area contributed by atoms with Gasteiger partial charge in [-0.3, -0.25) is 9.52 Å². The minimum absolute atomic E-state index is 0.0588. The van der Waals surface area contributed by atoms with Gasteiger partial charge in [-0.05, 0) is 80.9 Å². The van der Waals surface area contributed by atoms with Gasteiger partial charge in [-0.15, -0.1) is 0 Å². The van der Waals surface area contributed by atoms with E-state index in [4.69, 9.17) is 14.2 Å². The zero-order valence-corrected chi connectivity index (χ0v) is 20.4. The molecule has 3 aromatic rings. The fraction of sp³-hybridized carbons (Fsp3) is 0.240. The van der Waals surface area contributed by atoms with Crippen LogP contribution in [0.25, 0.3) is 0 Å². The molecule has 8 nitrogen and oxygen atoms in total. The summed E-state index contributed by atoms with van der Waals surface area (Å²) in [4.78, 5) is 12.8. The summed E-state index contributed by atoms with van der Waals surface area (Å²) in [5, 5.41) is 2.74. The van der Waals surface area contributed by atoms with Crippen LogP contribution in [0.1, 0.15) is 29.8 Å². The molecule has 180 valence electrons. The van der Waals surface area contributed by atoms with Crippen molar-refractivity contribution in [3.05, 3.63) is 71.8 Å². The molecule has 0 aliphatic carbocycles. The normalized spacial score (nSPS) is 10.9. The SMILES string of the molecule is CCOc1ccc(NS(=O)(=O)c2cc(NC(=O)c3ccc(OCC)c(OC)c3)ccc2C)cc1. The molecular formula is C25H28N2O6S. The Bertz CT molecular complexity index is 1260. The van der Waals surface area contributed by atoms with Gasteiger partial charge in [0.05, 0.1) is 25.2 Å². The van der Waals surface area contributed by atoms with E-state index in [0.29, 0.717) is 53.0 Å². The van der Waals surface area contributed by atoms with Crippen LogP contribution in [0.4, 0.5) is 11.4 Å². The van der Waals surface area contributed by atoms with Crippen molar-refractivity contribution in [2.24, 2.45) is 0 Å². The molecule has 0 aliphatic rings. The number of methoxy groups -OCH3 is 1. The summed E-state index contributed by atoms with van der Waals surface area (Å²) in [7, 11) is -2.40. The summed E-state index contributed by atoms with van der Waals surface area (Å²) in [6.07, 6.45) is 0. The zero-order chi connectivity index (χ0) is 24.7. The number of carbonyl (C=O) groups excluding carboxylic acids is 1. The molecule has 0 aliphatic heterocycles. The van der Waals surface area contributed by atoms with Crippen molar-refractivity contribution in [2.45, 2.75) is 25.7 Å². The first-order valence-electron chi connectivity index (χ1n) is 10.8. The van der Waals surface area contributed by atoms with E-state index >= 15 is 0 Å². The number of aryl methyl sites for hydroxylation is 1. The predicted octanol–water partition coefficient (Wildman–Crippen LogP) is 4.85. The Balaban J connectivity index is 1.80. The molecule has 0 atom stereocenters. The molecule has 0 aromatic heterocycles. The molecule has 0 saturated carbocycles. The van der Waals surface area contributed by atoms with E-state index in [1.165, 1.54) is 13.2 Å². The van der Waals surface area contributed by atoms with Crippen LogP contribution >= 0.6 is 0 Å². The van der Waals surface area contributed by atoms with Crippen LogP contribution in [-0.2, 0) is 10.0 Å². The largest absolute Gasteiger partial charge is 0.494 e. The van der Waals surface area contributed by atoms with Gasteiger partial charge >= 0.3 is 0 Å². The Morgan fingerprint density at radius 1 is 0.853 bits per heavy atom. The highest BCUT2D eigenvalue weighted by Crippen LogP contribution is 2.29. The van der Waals surface area contributed by atoms with E-state index in [9.17, 15) is 13.2 Å². The molecule has 34 heavy (non-hydrogen) atoms. The first kappa shape index (κ1) is 24.9. The van der Waals surface area contributed by atoms with Crippen molar-refractivity contribution < 1.29 is 27.4 Å². The minimum atomic E-state index is -3.89. The van der Waals surface area contributed by atoms with Crippen LogP contribution in [0, 0.1) is 6.92 Å². The van der Waals surface area contributed by atoms with Gasteiger partial charge in [-0.1, -0.05) is 6.07 Å². The molecule has 1 amide bonds. The first-order valence-corrected chi connectivity index (χ1v) is 12.2. The summed E-state index contributed by atoms with van der Waals surface area (Å²) in [6.45, 7) is 6.40. The van der Waals surface area contributed by atoms with Crippen molar-refractivity contribution in [2.75, 3.05) is 30.4 Å². The lowest BCUT2D eigenvalue weighted by Gasteiger charge is -2.14. The van der Waals surface area contributed by atoms with Crippen molar-refractivity contribution in [1.29, 1.82) is 0 Å². The molecule has 0 heterocycles. The molecule has 3 rings (SSSR count). The Morgan fingerprint density at radius 2 is 1.53 bits per heavy atom. The number of amides is 1. The second kappa shape index (κ2) is 10.9. The highest BCUT2D eigenvalue weighted by atomic mass is 32.2. The fourth-order valence-electron chi connectivity index (χ4n) is 3.25. The van der Waals surface area contributed by atoms with E-state index in [-0.39, 0.29) is 4.90 Å². The summed E-state index contributed by atoms with van der Waals surface area (Å²) < 4.78 is 44.8. The molecule has 0 fully saturated rings. The smallest absolute Gasteiger partial charge is 0.262 e. The zero-order valence-electron chi connectivity index (χ0n) is 19.5. The number of ether oxygens (including phenoxy) is 3. The number of hydrogen-bond acceptors (Lipinski definition) is 6. The highest BCUT2D eigenvalue weighted by Gasteiger charge is 2.19. The Kier molecular flexibility index (Phi) is 8.01. The third-order valence-electron chi connectivity index (χ3n) is 4.88. The van der Waals surface area contributed by atoms with Gasteiger partial charge in [0.15, 0.2) is 11.5 Å². The molecule has 2 N–H and O–H groups in total. The molecule has 0 bridgehead atoms. The number of hydrogen-bond donors (Lipinski definition) is 2. The minimum Gasteiger partial charge on any atom is -0.494 e. The maximum absolute atomic E-state index is 13.0. The molecule has 0 radical (unpaired) electrons. The average Bonchev–Trinajstić information content (AvgIpc) is 2.82. The van der Waals surface area contributed by atoms with Gasteiger partial charge in [0.25, 0.3) is 15.9 Å². The Hall–Kier alpha value is -3.72. The van der Waals surface area contributed by atoms with Gasteiger partial charge in [0.1, 0.15) is 5.75 Å². The van der Waals surface area contributed by atoms with Gasteiger partial charge in [0, 0.05) is 16.9 Å². The van der Waals surface area contributed by atoms with Crippen LogP contribution in [0.3, 0.4) is 0 Å². The lowest BCUT2D eigenvalue weighted by molar-refractivity contribution is 0.102. The molecule has 0 saturated heterocycles. The van der Waals surface area contributed by atoms with Gasteiger partial charge in [-0.25, -0.2) is 8.42 Å². The van der Waals surface area contributed by atoms with E-state index in [2.05, 4.69) is 10.0 Å². The maximum atomic E-state index is 13.0. The third-order valence-corrected chi connectivity index (χ3v) is 6.40. The van der Waals surface area contributed by atoms with E-state index in [1.807, 2.05) is 13.8 Å². The monoisotopic (exact) mass is 484 g/mol. The van der Waals surface area contributed by atoms with Crippen molar-refractivity contribution in [3.8, 4) is 17.2 Å². The molecule has 9 heteroatoms. The van der Waals surface area contributed by atoms with Crippen LogP contribution in [0.5, 0.6) is 17.2 Å². The number of carbonyl (C=O) groups is 1. The summed E-state index contributed by atoms with van der Waals surface area (Å²) >= 11 is 0. The Labute approximate surface area is 199 Å². The topological polar surface area (TPSA) is 103 Å².